The van der Waals surface area contributed by atoms with Crippen molar-refractivity contribution in [1.82, 2.24) is 5.32 Å². The van der Waals surface area contributed by atoms with Gasteiger partial charge in [0, 0.05) is 12.8 Å². The smallest absolute Gasteiger partial charge is 0.456 e. The summed E-state index contributed by atoms with van der Waals surface area (Å²) in [5, 5.41) is 3.09. The summed E-state index contributed by atoms with van der Waals surface area (Å²) >= 11 is 0. The second-order valence-corrected chi connectivity index (χ2v) is 30.0. The van der Waals surface area contributed by atoms with E-state index in [4.69, 9.17) is 13.8 Å². The van der Waals surface area contributed by atoms with Crippen LogP contribution in [0.2, 0.25) is 0 Å². The second kappa shape index (κ2) is 70.8. The molecule has 536 valence electrons. The Hall–Kier alpha value is -2.03. The summed E-state index contributed by atoms with van der Waals surface area (Å²) in [6, 6.07) is -0.847. The summed E-state index contributed by atoms with van der Waals surface area (Å²) in [5.74, 6) is -0.481. The van der Waals surface area contributed by atoms with Crippen LogP contribution in [0.1, 0.15) is 406 Å². The highest BCUT2D eigenvalue weighted by Crippen LogP contribution is 2.43. The molecule has 0 aliphatic heterocycles. The van der Waals surface area contributed by atoms with Gasteiger partial charge in [-0.25, -0.2) is 4.57 Å². The Balaban J connectivity index is 4.93. The molecular weight excluding hydrogens is 1140 g/mol. The lowest BCUT2D eigenvalue weighted by molar-refractivity contribution is -0.870. The number of hydrogen-bond donors (Lipinski definition) is 2. The van der Waals surface area contributed by atoms with Crippen molar-refractivity contribution in [2.75, 3.05) is 40.9 Å². The number of amides is 1. The molecule has 9 nitrogen and oxygen atoms in total. The van der Waals surface area contributed by atoms with Crippen molar-refractivity contribution >= 4 is 19.7 Å². The number of carbonyl (C=O) groups excluding carboxylic acids is 2. The monoisotopic (exact) mass is 1300 g/mol. The van der Waals surface area contributed by atoms with Crippen molar-refractivity contribution in [2.24, 2.45) is 0 Å². The van der Waals surface area contributed by atoms with Gasteiger partial charge in [-0.1, -0.05) is 352 Å². The number of esters is 1. The number of ether oxygens (including phenoxy) is 1. The molecule has 0 fully saturated rings. The molecule has 0 spiro atoms. The van der Waals surface area contributed by atoms with Gasteiger partial charge < -0.3 is 19.4 Å². The molecule has 0 radical (unpaired) electrons. The summed E-state index contributed by atoms with van der Waals surface area (Å²) in [6.45, 7) is 7.06. The van der Waals surface area contributed by atoms with Gasteiger partial charge in [0.25, 0.3) is 0 Å². The van der Waals surface area contributed by atoms with E-state index in [1.165, 1.54) is 308 Å². The zero-order chi connectivity index (χ0) is 66.3. The van der Waals surface area contributed by atoms with Gasteiger partial charge in [0.1, 0.15) is 19.3 Å². The topological polar surface area (TPSA) is 111 Å². The Labute approximate surface area is 567 Å². The van der Waals surface area contributed by atoms with Crippen molar-refractivity contribution in [1.29, 1.82) is 0 Å². The molecule has 0 aromatic heterocycles. The van der Waals surface area contributed by atoms with Crippen LogP contribution in [0.25, 0.3) is 0 Å². The van der Waals surface area contributed by atoms with E-state index in [0.29, 0.717) is 23.9 Å². The highest BCUT2D eigenvalue weighted by Gasteiger charge is 2.30. The van der Waals surface area contributed by atoms with E-state index < -0.39 is 20.0 Å². The molecule has 0 saturated carbocycles. The van der Waals surface area contributed by atoms with Gasteiger partial charge in [0.15, 0.2) is 0 Å². The number of carbonyl (C=O) groups is 2. The zero-order valence-corrected chi connectivity index (χ0v) is 62.5. The fourth-order valence-electron chi connectivity index (χ4n) is 12.1. The molecule has 0 aromatic carbocycles. The number of nitrogens with zero attached hydrogens (tertiary/aromatic N) is 1. The predicted molar refractivity (Wildman–Crippen MR) is 397 cm³/mol. The quantitative estimate of drug-likeness (QED) is 0.0205. The molecule has 0 aromatic rings. The number of nitrogens with one attached hydrogen (secondary N) is 1. The molecule has 3 atom stereocenters. The Morgan fingerprint density at radius 2 is 0.670 bits per heavy atom. The molecule has 91 heavy (non-hydrogen) atoms. The highest BCUT2D eigenvalue weighted by molar-refractivity contribution is 7.47. The van der Waals surface area contributed by atoms with Crippen molar-refractivity contribution in [3.63, 3.8) is 0 Å². The van der Waals surface area contributed by atoms with Gasteiger partial charge in [-0.3, -0.25) is 18.6 Å². The Morgan fingerprint density at radius 1 is 0.385 bits per heavy atom. The van der Waals surface area contributed by atoms with Crippen molar-refractivity contribution in [2.45, 2.75) is 418 Å². The van der Waals surface area contributed by atoms with Crippen LogP contribution in [-0.2, 0) is 27.9 Å². The van der Waals surface area contributed by atoms with E-state index in [1.807, 2.05) is 27.2 Å². The molecule has 0 heterocycles. The third-order valence-corrected chi connectivity index (χ3v) is 19.2. The van der Waals surface area contributed by atoms with Crippen LogP contribution in [0.4, 0.5) is 0 Å². The first kappa shape index (κ1) is 89.0. The third kappa shape index (κ3) is 72.1. The van der Waals surface area contributed by atoms with Crippen molar-refractivity contribution < 1.29 is 37.3 Å². The number of unbranched alkanes of at least 4 members (excludes halogenated alkanes) is 52. The van der Waals surface area contributed by atoms with E-state index in [9.17, 15) is 19.0 Å². The molecule has 0 aliphatic carbocycles. The molecule has 0 saturated heterocycles. The number of phosphoric ester groups is 1. The molecule has 2 N–H and O–H groups in total. The first-order valence-electron chi connectivity index (χ1n) is 40.0. The van der Waals surface area contributed by atoms with Gasteiger partial charge in [-0.2, -0.15) is 0 Å². The number of allylic oxidation sites excluding steroid dienone is 7. The van der Waals surface area contributed by atoms with E-state index in [2.05, 4.69) is 68.6 Å². The number of likely N-dealkylation sites (N-methyl/N-ethyl adjacent to an activating group) is 1. The fourth-order valence-corrected chi connectivity index (χ4v) is 12.8. The maximum Gasteiger partial charge on any atom is 0.472 e. The summed E-state index contributed by atoms with van der Waals surface area (Å²) in [4.78, 5) is 38.1. The Bertz CT molecular complexity index is 1690. The number of quaternary nitrogens is 1. The van der Waals surface area contributed by atoms with Crippen LogP contribution in [0, 0.1) is 0 Å². The zero-order valence-electron chi connectivity index (χ0n) is 61.6. The predicted octanol–water partition coefficient (Wildman–Crippen LogP) is 25.9. The average Bonchev–Trinajstić information content (AvgIpc) is 3.45. The van der Waals surface area contributed by atoms with Gasteiger partial charge in [-0.15, -0.1) is 0 Å². The Morgan fingerprint density at radius 3 is 1.02 bits per heavy atom. The lowest BCUT2D eigenvalue weighted by atomic mass is 10.0. The molecule has 0 aliphatic rings. The minimum atomic E-state index is -4.46. The van der Waals surface area contributed by atoms with E-state index >= 15 is 0 Å². The molecule has 3 unspecified atom stereocenters. The Kier molecular flexibility index (Phi) is 69.2. The van der Waals surface area contributed by atoms with Gasteiger partial charge >= 0.3 is 13.8 Å². The molecule has 0 bridgehead atoms. The third-order valence-electron chi connectivity index (χ3n) is 18.2. The average molecular weight is 1300 g/mol. The van der Waals surface area contributed by atoms with Gasteiger partial charge in [0.2, 0.25) is 5.91 Å². The van der Waals surface area contributed by atoms with Crippen LogP contribution >= 0.6 is 7.82 Å². The van der Waals surface area contributed by atoms with Crippen LogP contribution in [0.5, 0.6) is 0 Å². The SMILES string of the molecule is CCCCC/C=C\C/C=C\CCCCCCCCCCCCCCCCCCCC(=O)NC(COP(=O)(O)OCC[N+](C)(C)C)C(/C=C/CCCCCCCCCCCCC)OC(=O)CCCCCCCCCCCCCCCCC/C=C/CCCCCCCC. The van der Waals surface area contributed by atoms with Crippen LogP contribution in [0.3, 0.4) is 0 Å². The summed E-state index contributed by atoms with van der Waals surface area (Å²) < 4.78 is 31.0. The first-order chi connectivity index (χ1) is 44.4. The van der Waals surface area contributed by atoms with Crippen molar-refractivity contribution in [3.05, 3.63) is 48.6 Å². The first-order valence-corrected chi connectivity index (χ1v) is 41.5. The number of hydrogen-bond acceptors (Lipinski definition) is 6. The second-order valence-electron chi connectivity index (χ2n) is 28.6. The summed E-state index contributed by atoms with van der Waals surface area (Å²) in [6.07, 6.45) is 91.5. The number of rotatable bonds is 74. The molecule has 10 heteroatoms. The maximum atomic E-state index is 13.7. The van der Waals surface area contributed by atoms with Gasteiger partial charge in [0.05, 0.1) is 33.8 Å². The molecule has 0 rings (SSSR count). The van der Waals surface area contributed by atoms with Crippen LogP contribution < -0.4 is 5.32 Å². The van der Waals surface area contributed by atoms with E-state index in [-0.39, 0.29) is 25.1 Å². The molecule has 1 amide bonds. The highest BCUT2D eigenvalue weighted by atomic mass is 31.2. The van der Waals surface area contributed by atoms with Crippen molar-refractivity contribution in [3.8, 4) is 0 Å². The number of phosphoric acid groups is 1. The van der Waals surface area contributed by atoms with Crippen LogP contribution in [-0.4, -0.2) is 74.3 Å². The van der Waals surface area contributed by atoms with E-state index in [1.54, 1.807) is 0 Å². The fraction of sp³-hybridized carbons (Fsp3) is 0.877. The standard InChI is InChI=1S/C81H155N2O7P/c1-7-10-13-16-19-22-25-28-30-32-34-36-38-40-41-43-44-46-48-50-52-55-58-61-64-67-70-73-80(84)82-78(77-89-91(86,87)88-76-75-83(4,5)6)79(72-69-66-63-60-57-54-27-24-21-18-15-12-9-3)90-81(85)74-71-68-65-62-59-56-53-51-49-47-45-42-39-37-35-33-31-29-26-23-20-17-14-11-8-2/h19,22,28-31,69,72,78-79H,7-18,20-21,23-27,32-68,70-71,73-77H2,1-6H3,(H-,82,84,86,87)/p+1/b22-19-,30-28-,31-29+,72-69+. The lowest BCUT2D eigenvalue weighted by Gasteiger charge is -2.27. The van der Waals surface area contributed by atoms with Crippen LogP contribution in [0.15, 0.2) is 48.6 Å². The van der Waals surface area contributed by atoms with Gasteiger partial charge in [-0.05, 0) is 89.5 Å². The lowest BCUT2D eigenvalue weighted by Crippen LogP contribution is -2.47. The summed E-state index contributed by atoms with van der Waals surface area (Å²) in [5.41, 5.74) is 0. The maximum absolute atomic E-state index is 13.7. The minimum Gasteiger partial charge on any atom is -0.456 e. The minimum absolute atomic E-state index is 0.0429. The summed E-state index contributed by atoms with van der Waals surface area (Å²) in [7, 11) is 1.52. The van der Waals surface area contributed by atoms with E-state index in [0.717, 1.165) is 64.2 Å². The normalized spacial score (nSPS) is 13.6. The molecular formula is C81H156N2O7P+. The largest absolute Gasteiger partial charge is 0.472 e.